The first-order chi connectivity index (χ1) is 8.17. The standard InChI is InChI=1S/C13H19NO3/c1-3-10-4-5-12(17-10)13(16)14-7-6-9(2)11(14)8-15/h4-5,9,11,15H,3,6-8H2,1-2H3. The third-order valence-electron chi connectivity index (χ3n) is 3.55. The Bertz CT molecular complexity index is 399. The van der Waals surface area contributed by atoms with E-state index in [1.165, 1.54) is 0 Å². The van der Waals surface area contributed by atoms with Crippen LogP contribution in [0.5, 0.6) is 0 Å². The van der Waals surface area contributed by atoms with E-state index in [-0.39, 0.29) is 18.6 Å². The molecule has 0 bridgehead atoms. The van der Waals surface area contributed by atoms with Gasteiger partial charge in [0.15, 0.2) is 5.76 Å². The van der Waals surface area contributed by atoms with Crippen LogP contribution in [0, 0.1) is 5.92 Å². The summed E-state index contributed by atoms with van der Waals surface area (Å²) >= 11 is 0. The van der Waals surface area contributed by atoms with Crippen LogP contribution in [0.2, 0.25) is 0 Å². The van der Waals surface area contributed by atoms with Crippen molar-refractivity contribution in [3.05, 3.63) is 23.7 Å². The Morgan fingerprint density at radius 3 is 2.94 bits per heavy atom. The summed E-state index contributed by atoms with van der Waals surface area (Å²) in [5.41, 5.74) is 0. The third kappa shape index (κ3) is 2.22. The highest BCUT2D eigenvalue weighted by molar-refractivity contribution is 5.92. The molecule has 1 aromatic rings. The van der Waals surface area contributed by atoms with E-state index in [4.69, 9.17) is 4.42 Å². The second-order valence-electron chi connectivity index (χ2n) is 4.63. The van der Waals surface area contributed by atoms with Gasteiger partial charge in [-0.15, -0.1) is 0 Å². The van der Waals surface area contributed by atoms with Gasteiger partial charge in [-0.05, 0) is 24.5 Å². The minimum Gasteiger partial charge on any atom is -0.456 e. The molecule has 4 heteroatoms. The van der Waals surface area contributed by atoms with Gasteiger partial charge in [0.1, 0.15) is 5.76 Å². The summed E-state index contributed by atoms with van der Waals surface area (Å²) in [6, 6.07) is 3.48. The quantitative estimate of drug-likeness (QED) is 0.870. The highest BCUT2D eigenvalue weighted by Crippen LogP contribution is 2.25. The zero-order valence-electron chi connectivity index (χ0n) is 10.3. The lowest BCUT2D eigenvalue weighted by Gasteiger charge is -2.24. The number of aliphatic hydroxyl groups excluding tert-OH is 1. The number of carbonyl (C=O) groups excluding carboxylic acids is 1. The van der Waals surface area contributed by atoms with Gasteiger partial charge in [-0.2, -0.15) is 0 Å². The van der Waals surface area contributed by atoms with E-state index in [2.05, 4.69) is 6.92 Å². The molecule has 0 spiro atoms. The first-order valence-electron chi connectivity index (χ1n) is 6.18. The molecule has 2 unspecified atom stereocenters. The van der Waals surface area contributed by atoms with Crippen LogP contribution < -0.4 is 0 Å². The smallest absolute Gasteiger partial charge is 0.289 e. The van der Waals surface area contributed by atoms with E-state index in [1.807, 2.05) is 13.0 Å². The number of aliphatic hydroxyl groups is 1. The van der Waals surface area contributed by atoms with Crippen LogP contribution in [0.25, 0.3) is 0 Å². The summed E-state index contributed by atoms with van der Waals surface area (Å²) in [5, 5.41) is 9.33. The fourth-order valence-electron chi connectivity index (χ4n) is 2.36. The van der Waals surface area contributed by atoms with Crippen LogP contribution in [0.4, 0.5) is 0 Å². The summed E-state index contributed by atoms with van der Waals surface area (Å²) in [5.74, 6) is 1.45. The van der Waals surface area contributed by atoms with Crippen molar-refractivity contribution in [2.45, 2.75) is 32.7 Å². The summed E-state index contributed by atoms with van der Waals surface area (Å²) < 4.78 is 5.46. The molecule has 1 aliphatic rings. The maximum atomic E-state index is 12.2. The molecule has 94 valence electrons. The zero-order chi connectivity index (χ0) is 12.4. The fourth-order valence-corrected chi connectivity index (χ4v) is 2.36. The predicted molar refractivity (Wildman–Crippen MR) is 63.8 cm³/mol. The molecule has 17 heavy (non-hydrogen) atoms. The second-order valence-corrected chi connectivity index (χ2v) is 4.63. The SMILES string of the molecule is CCc1ccc(C(=O)N2CCC(C)C2CO)o1. The molecule has 0 aromatic carbocycles. The lowest BCUT2D eigenvalue weighted by molar-refractivity contribution is 0.0615. The summed E-state index contributed by atoms with van der Waals surface area (Å²) in [6.07, 6.45) is 1.73. The van der Waals surface area contributed by atoms with E-state index < -0.39 is 0 Å². The molecule has 1 fully saturated rings. The zero-order valence-corrected chi connectivity index (χ0v) is 10.3. The Labute approximate surface area is 101 Å². The van der Waals surface area contributed by atoms with E-state index in [1.54, 1.807) is 11.0 Å². The maximum Gasteiger partial charge on any atom is 0.289 e. The monoisotopic (exact) mass is 237 g/mol. The van der Waals surface area contributed by atoms with Crippen LogP contribution in [0.1, 0.15) is 36.6 Å². The average molecular weight is 237 g/mol. The van der Waals surface area contributed by atoms with E-state index in [0.717, 1.165) is 18.6 Å². The molecule has 0 saturated carbocycles. The Morgan fingerprint density at radius 2 is 2.35 bits per heavy atom. The van der Waals surface area contributed by atoms with Gasteiger partial charge in [-0.3, -0.25) is 4.79 Å². The molecule has 0 aliphatic carbocycles. The Morgan fingerprint density at radius 1 is 1.59 bits per heavy atom. The molecule has 1 aliphatic heterocycles. The van der Waals surface area contributed by atoms with Gasteiger partial charge >= 0.3 is 0 Å². The molecule has 0 radical (unpaired) electrons. The Hall–Kier alpha value is -1.29. The number of rotatable bonds is 3. The Balaban J connectivity index is 2.14. The minimum absolute atomic E-state index is 0.0221. The van der Waals surface area contributed by atoms with Gasteiger partial charge in [0.2, 0.25) is 0 Å². The lowest BCUT2D eigenvalue weighted by Crippen LogP contribution is -2.39. The van der Waals surface area contributed by atoms with Crippen molar-refractivity contribution < 1.29 is 14.3 Å². The van der Waals surface area contributed by atoms with Crippen molar-refractivity contribution in [3.8, 4) is 0 Å². The molecule has 4 nitrogen and oxygen atoms in total. The number of nitrogens with zero attached hydrogens (tertiary/aromatic N) is 1. The van der Waals surface area contributed by atoms with E-state index in [0.29, 0.717) is 18.2 Å². The van der Waals surface area contributed by atoms with Gasteiger partial charge in [0, 0.05) is 13.0 Å². The van der Waals surface area contributed by atoms with Gasteiger partial charge in [0.05, 0.1) is 12.6 Å². The van der Waals surface area contributed by atoms with Crippen LogP contribution in [-0.2, 0) is 6.42 Å². The molecule has 1 amide bonds. The maximum absolute atomic E-state index is 12.2. The normalized spacial score (nSPS) is 24.3. The number of likely N-dealkylation sites (tertiary alicyclic amines) is 1. The van der Waals surface area contributed by atoms with E-state index >= 15 is 0 Å². The summed E-state index contributed by atoms with van der Waals surface area (Å²) in [7, 11) is 0. The lowest BCUT2D eigenvalue weighted by atomic mass is 10.0. The topological polar surface area (TPSA) is 53.7 Å². The van der Waals surface area contributed by atoms with Crippen molar-refractivity contribution in [2.75, 3.05) is 13.2 Å². The van der Waals surface area contributed by atoms with Crippen LogP contribution >= 0.6 is 0 Å². The largest absolute Gasteiger partial charge is 0.456 e. The minimum atomic E-state index is -0.104. The van der Waals surface area contributed by atoms with Crippen molar-refractivity contribution in [2.24, 2.45) is 5.92 Å². The number of furan rings is 1. The number of amides is 1. The molecular formula is C13H19NO3. The molecule has 1 aromatic heterocycles. The summed E-state index contributed by atoms with van der Waals surface area (Å²) in [6.45, 7) is 4.77. The average Bonchev–Trinajstić information content (AvgIpc) is 2.94. The molecule has 1 N–H and O–H groups in total. The molecule has 2 heterocycles. The number of carbonyl (C=O) groups is 1. The van der Waals surface area contributed by atoms with E-state index in [9.17, 15) is 9.90 Å². The second kappa shape index (κ2) is 4.92. The predicted octanol–water partition coefficient (Wildman–Crippen LogP) is 1.68. The third-order valence-corrected chi connectivity index (χ3v) is 3.55. The highest BCUT2D eigenvalue weighted by Gasteiger charge is 2.35. The van der Waals surface area contributed by atoms with Crippen LogP contribution in [0.3, 0.4) is 0 Å². The first kappa shape index (κ1) is 12.2. The summed E-state index contributed by atoms with van der Waals surface area (Å²) in [4.78, 5) is 13.9. The van der Waals surface area contributed by atoms with Crippen molar-refractivity contribution in [3.63, 3.8) is 0 Å². The number of hydrogen-bond acceptors (Lipinski definition) is 3. The number of hydrogen-bond donors (Lipinski definition) is 1. The van der Waals surface area contributed by atoms with Gasteiger partial charge in [-0.1, -0.05) is 13.8 Å². The van der Waals surface area contributed by atoms with Crippen molar-refractivity contribution in [1.82, 2.24) is 4.90 Å². The molecule has 2 rings (SSSR count). The fraction of sp³-hybridized carbons (Fsp3) is 0.615. The van der Waals surface area contributed by atoms with Gasteiger partial charge in [-0.25, -0.2) is 0 Å². The van der Waals surface area contributed by atoms with Gasteiger partial charge in [0.25, 0.3) is 5.91 Å². The van der Waals surface area contributed by atoms with Crippen molar-refractivity contribution in [1.29, 1.82) is 0 Å². The molecule has 1 saturated heterocycles. The highest BCUT2D eigenvalue weighted by atomic mass is 16.4. The number of aryl methyl sites for hydroxylation is 1. The van der Waals surface area contributed by atoms with Crippen molar-refractivity contribution >= 4 is 5.91 Å². The van der Waals surface area contributed by atoms with Gasteiger partial charge < -0.3 is 14.4 Å². The molecule has 2 atom stereocenters. The Kier molecular flexibility index (Phi) is 3.52. The molecular weight excluding hydrogens is 218 g/mol. The first-order valence-corrected chi connectivity index (χ1v) is 6.18. The van der Waals surface area contributed by atoms with Crippen LogP contribution in [0.15, 0.2) is 16.5 Å². The van der Waals surface area contributed by atoms with Crippen LogP contribution in [-0.4, -0.2) is 35.1 Å².